The summed E-state index contributed by atoms with van der Waals surface area (Å²) in [4.78, 5) is 1.44. The first kappa shape index (κ1) is 9.31. The van der Waals surface area contributed by atoms with Crippen LogP contribution in [0.4, 0.5) is 0 Å². The van der Waals surface area contributed by atoms with Crippen molar-refractivity contribution >= 4 is 23.1 Å². The Morgan fingerprint density at radius 3 is 3.31 bits per heavy atom. The van der Waals surface area contributed by atoms with Crippen molar-refractivity contribution in [2.75, 3.05) is 5.75 Å². The van der Waals surface area contributed by atoms with E-state index in [1.54, 1.807) is 0 Å². The molecule has 1 fully saturated rings. The molecule has 1 saturated heterocycles. The fourth-order valence-corrected chi connectivity index (χ4v) is 3.69. The summed E-state index contributed by atoms with van der Waals surface area (Å²) in [5.41, 5.74) is 0. The minimum atomic E-state index is 0.518. The Kier molecular flexibility index (Phi) is 3.09. The van der Waals surface area contributed by atoms with Gasteiger partial charge in [-0.05, 0) is 17.9 Å². The van der Waals surface area contributed by atoms with Crippen LogP contribution in [0.15, 0.2) is 30.2 Å². The van der Waals surface area contributed by atoms with Gasteiger partial charge in [0, 0.05) is 16.7 Å². The molecule has 2 rings (SSSR count). The third-order valence-electron chi connectivity index (χ3n) is 2.10. The van der Waals surface area contributed by atoms with Crippen LogP contribution in [0, 0.1) is 0 Å². The van der Waals surface area contributed by atoms with Crippen molar-refractivity contribution in [1.82, 2.24) is 5.32 Å². The summed E-state index contributed by atoms with van der Waals surface area (Å²) in [5, 5.41) is 6.25. The second-order valence-electron chi connectivity index (χ2n) is 3.12. The molecule has 0 spiro atoms. The molecule has 13 heavy (non-hydrogen) atoms. The van der Waals surface area contributed by atoms with Gasteiger partial charge in [0.25, 0.3) is 0 Å². The Hall–Kier alpha value is -0.250. The molecule has 0 aliphatic carbocycles. The molecule has 1 aliphatic rings. The van der Waals surface area contributed by atoms with E-state index >= 15 is 0 Å². The lowest BCUT2D eigenvalue weighted by Gasteiger charge is -2.09. The van der Waals surface area contributed by atoms with Crippen molar-refractivity contribution in [3.8, 4) is 0 Å². The van der Waals surface area contributed by atoms with E-state index in [9.17, 15) is 0 Å². The first-order valence-corrected chi connectivity index (χ1v) is 6.35. The minimum Gasteiger partial charge on any atom is -0.297 e. The molecule has 0 bridgehead atoms. The van der Waals surface area contributed by atoms with Crippen LogP contribution in [0.25, 0.3) is 0 Å². The number of rotatable bonds is 3. The van der Waals surface area contributed by atoms with E-state index in [-0.39, 0.29) is 0 Å². The molecule has 1 aromatic heterocycles. The van der Waals surface area contributed by atoms with Gasteiger partial charge in [-0.25, -0.2) is 0 Å². The van der Waals surface area contributed by atoms with Crippen molar-refractivity contribution in [1.29, 1.82) is 0 Å². The van der Waals surface area contributed by atoms with Crippen molar-refractivity contribution in [2.45, 2.75) is 17.8 Å². The van der Waals surface area contributed by atoms with Gasteiger partial charge in [0.15, 0.2) is 0 Å². The van der Waals surface area contributed by atoms with E-state index in [0.717, 1.165) is 6.42 Å². The smallest absolute Gasteiger partial charge is 0.0885 e. The third-order valence-corrected chi connectivity index (χ3v) is 4.51. The lowest BCUT2D eigenvalue weighted by molar-refractivity contribution is 0.586. The van der Waals surface area contributed by atoms with Crippen LogP contribution >= 0.6 is 23.1 Å². The van der Waals surface area contributed by atoms with Gasteiger partial charge < -0.3 is 0 Å². The first-order valence-electron chi connectivity index (χ1n) is 4.42. The summed E-state index contributed by atoms with van der Waals surface area (Å²) < 4.78 is 0. The highest BCUT2D eigenvalue weighted by Crippen LogP contribution is 2.35. The molecule has 1 nitrogen and oxygen atoms in total. The Morgan fingerprint density at radius 2 is 2.62 bits per heavy atom. The maximum absolute atomic E-state index is 3.77. The van der Waals surface area contributed by atoms with E-state index in [0.29, 0.717) is 11.4 Å². The van der Waals surface area contributed by atoms with Crippen molar-refractivity contribution in [3.63, 3.8) is 0 Å². The maximum atomic E-state index is 3.77. The van der Waals surface area contributed by atoms with E-state index < -0.39 is 0 Å². The number of nitrogens with one attached hydrogen (secondary N) is 1. The van der Waals surface area contributed by atoms with Gasteiger partial charge in [0.2, 0.25) is 0 Å². The first-order chi connectivity index (χ1) is 6.40. The molecule has 2 atom stereocenters. The molecule has 3 heteroatoms. The number of hydrogen-bond donors (Lipinski definition) is 1. The van der Waals surface area contributed by atoms with Gasteiger partial charge in [-0.2, -0.15) is 0 Å². The normalized spacial score (nSPS) is 27.7. The van der Waals surface area contributed by atoms with Gasteiger partial charge in [0.1, 0.15) is 0 Å². The van der Waals surface area contributed by atoms with Crippen LogP contribution < -0.4 is 5.32 Å². The van der Waals surface area contributed by atoms with Gasteiger partial charge >= 0.3 is 0 Å². The molecular formula is C10H13NS2. The molecule has 1 N–H and O–H groups in total. The quantitative estimate of drug-likeness (QED) is 0.771. The highest BCUT2D eigenvalue weighted by atomic mass is 32.2. The summed E-state index contributed by atoms with van der Waals surface area (Å²) in [7, 11) is 0. The molecular weight excluding hydrogens is 198 g/mol. The summed E-state index contributed by atoms with van der Waals surface area (Å²) >= 11 is 3.83. The SMILES string of the molecule is C=CCC1CSC(c2cccs2)N1. The predicted molar refractivity (Wildman–Crippen MR) is 61.3 cm³/mol. The molecule has 0 saturated carbocycles. The molecule has 2 unspecified atom stereocenters. The molecule has 0 aromatic carbocycles. The summed E-state index contributed by atoms with van der Waals surface area (Å²) in [6.07, 6.45) is 3.07. The summed E-state index contributed by atoms with van der Waals surface area (Å²) in [5.74, 6) is 1.20. The van der Waals surface area contributed by atoms with Crippen LogP contribution in [-0.2, 0) is 0 Å². The second-order valence-corrected chi connectivity index (χ2v) is 5.23. The zero-order valence-electron chi connectivity index (χ0n) is 7.40. The Morgan fingerprint density at radius 1 is 1.69 bits per heavy atom. The molecule has 2 heterocycles. The Bertz CT molecular complexity index is 268. The van der Waals surface area contributed by atoms with Gasteiger partial charge in [-0.15, -0.1) is 29.7 Å². The number of hydrogen-bond acceptors (Lipinski definition) is 3. The Labute approximate surface area is 87.2 Å². The maximum Gasteiger partial charge on any atom is 0.0885 e. The summed E-state index contributed by atoms with van der Waals surface area (Å²) in [6, 6.07) is 4.93. The van der Waals surface area contributed by atoms with E-state index in [1.807, 2.05) is 29.2 Å². The standard InChI is InChI=1S/C10H13NS2/c1-2-4-8-7-13-10(11-8)9-5-3-6-12-9/h2-3,5-6,8,10-11H,1,4,7H2. The van der Waals surface area contributed by atoms with Crippen LogP contribution in [-0.4, -0.2) is 11.8 Å². The van der Waals surface area contributed by atoms with Gasteiger partial charge in [-0.3, -0.25) is 5.32 Å². The largest absolute Gasteiger partial charge is 0.297 e. The lowest BCUT2D eigenvalue weighted by Crippen LogP contribution is -2.24. The lowest BCUT2D eigenvalue weighted by atomic mass is 10.2. The Balaban J connectivity index is 1.95. The van der Waals surface area contributed by atoms with E-state index in [4.69, 9.17) is 0 Å². The van der Waals surface area contributed by atoms with Gasteiger partial charge in [0.05, 0.1) is 5.37 Å². The zero-order valence-corrected chi connectivity index (χ0v) is 9.03. The van der Waals surface area contributed by atoms with Crippen molar-refractivity contribution < 1.29 is 0 Å². The monoisotopic (exact) mass is 211 g/mol. The fourth-order valence-electron chi connectivity index (χ4n) is 1.46. The highest BCUT2D eigenvalue weighted by Gasteiger charge is 2.24. The van der Waals surface area contributed by atoms with Gasteiger partial charge in [-0.1, -0.05) is 12.1 Å². The van der Waals surface area contributed by atoms with Crippen LogP contribution in [0.2, 0.25) is 0 Å². The molecule has 0 radical (unpaired) electrons. The van der Waals surface area contributed by atoms with Crippen LogP contribution in [0.3, 0.4) is 0 Å². The van der Waals surface area contributed by atoms with Crippen LogP contribution in [0.5, 0.6) is 0 Å². The molecule has 0 amide bonds. The van der Waals surface area contributed by atoms with Crippen molar-refractivity contribution in [3.05, 3.63) is 35.0 Å². The van der Waals surface area contributed by atoms with E-state index in [2.05, 4.69) is 29.4 Å². The molecule has 70 valence electrons. The summed E-state index contributed by atoms with van der Waals surface area (Å²) in [6.45, 7) is 3.77. The topological polar surface area (TPSA) is 12.0 Å². The minimum absolute atomic E-state index is 0.518. The predicted octanol–water partition coefficient (Wildman–Crippen LogP) is 3.03. The number of thiophene rings is 1. The average molecular weight is 211 g/mol. The van der Waals surface area contributed by atoms with Crippen LogP contribution in [0.1, 0.15) is 16.7 Å². The van der Waals surface area contributed by atoms with Crippen molar-refractivity contribution in [2.24, 2.45) is 0 Å². The third kappa shape index (κ3) is 2.16. The fraction of sp³-hybridized carbons (Fsp3) is 0.400. The molecule has 1 aromatic rings. The average Bonchev–Trinajstić information content (AvgIpc) is 2.70. The number of thioether (sulfide) groups is 1. The molecule has 1 aliphatic heterocycles. The van der Waals surface area contributed by atoms with E-state index in [1.165, 1.54) is 10.6 Å². The second kappa shape index (κ2) is 4.31. The highest BCUT2D eigenvalue weighted by molar-refractivity contribution is 7.99. The zero-order chi connectivity index (χ0) is 9.10.